The number of non-ortho nitro benzene ring substituents is 1. The molecule has 9 nitrogen and oxygen atoms in total. The van der Waals surface area contributed by atoms with E-state index in [2.05, 4.69) is 9.97 Å². The van der Waals surface area contributed by atoms with Gasteiger partial charge in [0.1, 0.15) is 5.82 Å². The van der Waals surface area contributed by atoms with Crippen LogP contribution < -0.4 is 0 Å². The second-order valence-corrected chi connectivity index (χ2v) is 4.50. The summed E-state index contributed by atoms with van der Waals surface area (Å²) in [5.41, 5.74) is 0.808. The van der Waals surface area contributed by atoms with Gasteiger partial charge in [-0.1, -0.05) is 0 Å². The Bertz CT molecular complexity index is 918. The largest absolute Gasteiger partial charge is 0.502 e. The van der Waals surface area contributed by atoms with Gasteiger partial charge in [0.15, 0.2) is 5.75 Å². The fraction of sp³-hybridized carbons (Fsp3) is 0. The van der Waals surface area contributed by atoms with Crippen LogP contribution in [0.1, 0.15) is 0 Å². The van der Waals surface area contributed by atoms with Crippen molar-refractivity contribution in [1.82, 2.24) is 9.97 Å². The topological polar surface area (TPSA) is 135 Å². The van der Waals surface area contributed by atoms with E-state index in [0.29, 0.717) is 22.4 Å². The second kappa shape index (κ2) is 4.81. The summed E-state index contributed by atoms with van der Waals surface area (Å²) in [4.78, 5) is 27.5. The lowest BCUT2D eigenvalue weighted by Crippen LogP contribution is -1.90. The molecule has 0 unspecified atom stereocenters. The van der Waals surface area contributed by atoms with Crippen LogP contribution in [-0.2, 0) is 0 Å². The number of phenolic OH excluding ortho intramolecular Hbond substituents is 1. The third-order valence-electron chi connectivity index (χ3n) is 3.12. The highest BCUT2D eigenvalue weighted by Crippen LogP contribution is 2.31. The Kier molecular flexibility index (Phi) is 2.95. The minimum Gasteiger partial charge on any atom is -0.502 e. The number of fused-ring (bicyclic) bond motifs is 1. The lowest BCUT2D eigenvalue weighted by Gasteiger charge is -1.99. The van der Waals surface area contributed by atoms with Crippen LogP contribution in [-0.4, -0.2) is 24.9 Å². The summed E-state index contributed by atoms with van der Waals surface area (Å²) in [6, 6.07) is 7.99. The Morgan fingerprint density at radius 3 is 2.50 bits per heavy atom. The molecule has 0 spiro atoms. The number of nitro groups is 2. The van der Waals surface area contributed by atoms with E-state index in [9.17, 15) is 25.3 Å². The zero-order valence-corrected chi connectivity index (χ0v) is 10.9. The van der Waals surface area contributed by atoms with Crippen molar-refractivity contribution in [3.63, 3.8) is 0 Å². The maximum absolute atomic E-state index is 10.8. The van der Waals surface area contributed by atoms with Crippen LogP contribution in [0.15, 0.2) is 36.4 Å². The van der Waals surface area contributed by atoms with Crippen LogP contribution in [0, 0.1) is 20.2 Å². The third kappa shape index (κ3) is 2.20. The van der Waals surface area contributed by atoms with Gasteiger partial charge < -0.3 is 10.1 Å². The molecule has 0 saturated heterocycles. The molecule has 0 amide bonds. The number of rotatable bonds is 3. The molecule has 0 aliphatic heterocycles. The Morgan fingerprint density at radius 2 is 1.82 bits per heavy atom. The van der Waals surface area contributed by atoms with Gasteiger partial charge in [-0.2, -0.15) is 0 Å². The number of aromatic hydroxyl groups is 1. The lowest BCUT2D eigenvalue weighted by molar-refractivity contribution is -0.385. The quantitative estimate of drug-likeness (QED) is 0.564. The Labute approximate surface area is 122 Å². The summed E-state index contributed by atoms with van der Waals surface area (Å²) in [6.07, 6.45) is 0. The molecule has 0 aliphatic carbocycles. The van der Waals surface area contributed by atoms with Crippen molar-refractivity contribution in [2.75, 3.05) is 0 Å². The molecule has 9 heteroatoms. The smallest absolute Gasteiger partial charge is 0.311 e. The van der Waals surface area contributed by atoms with Crippen LogP contribution >= 0.6 is 0 Å². The summed E-state index contributed by atoms with van der Waals surface area (Å²) >= 11 is 0. The number of nitrogens with zero attached hydrogens (tertiary/aromatic N) is 3. The standard InChI is InChI=1S/C13H8N4O5/c18-12-4-1-7(5-11(12)17(21)22)13-14-9-3-2-8(16(19)20)6-10(9)15-13/h1-6,18H,(H,14,15). The van der Waals surface area contributed by atoms with Crippen molar-refractivity contribution in [1.29, 1.82) is 0 Å². The number of nitrogens with one attached hydrogen (secondary N) is 1. The number of hydrogen-bond acceptors (Lipinski definition) is 6. The molecule has 3 rings (SSSR count). The first kappa shape index (κ1) is 13.5. The highest BCUT2D eigenvalue weighted by molar-refractivity contribution is 5.82. The summed E-state index contributed by atoms with van der Waals surface area (Å²) < 4.78 is 0. The molecule has 0 fully saturated rings. The first-order chi connectivity index (χ1) is 10.5. The summed E-state index contributed by atoms with van der Waals surface area (Å²) in [6.45, 7) is 0. The van der Waals surface area contributed by atoms with Gasteiger partial charge in [-0.3, -0.25) is 20.2 Å². The van der Waals surface area contributed by atoms with E-state index >= 15 is 0 Å². The maximum atomic E-state index is 10.8. The van der Waals surface area contributed by atoms with Crippen molar-refractivity contribution in [2.24, 2.45) is 0 Å². The molecule has 110 valence electrons. The minimum atomic E-state index is -0.702. The van der Waals surface area contributed by atoms with Crippen LogP contribution in [0.25, 0.3) is 22.4 Å². The molecule has 1 heterocycles. The van der Waals surface area contributed by atoms with Crippen LogP contribution in [0.2, 0.25) is 0 Å². The summed E-state index contributed by atoms with van der Waals surface area (Å²) in [7, 11) is 0. The minimum absolute atomic E-state index is 0.0839. The average Bonchev–Trinajstić information content (AvgIpc) is 2.90. The Hall–Kier alpha value is -3.49. The Morgan fingerprint density at radius 1 is 1.05 bits per heavy atom. The maximum Gasteiger partial charge on any atom is 0.311 e. The molecule has 3 aromatic rings. The van der Waals surface area contributed by atoms with Crippen molar-refractivity contribution >= 4 is 22.4 Å². The molecule has 0 bridgehead atoms. The van der Waals surface area contributed by atoms with Gasteiger partial charge in [0.25, 0.3) is 5.69 Å². The van der Waals surface area contributed by atoms with E-state index in [1.54, 1.807) is 0 Å². The number of benzene rings is 2. The Balaban J connectivity index is 2.12. The number of phenols is 1. The summed E-state index contributed by atoms with van der Waals surface area (Å²) in [5, 5.41) is 31.0. The molecule has 1 aromatic heterocycles. The first-order valence-electron chi connectivity index (χ1n) is 6.07. The fourth-order valence-corrected chi connectivity index (χ4v) is 2.06. The predicted molar refractivity (Wildman–Crippen MR) is 76.5 cm³/mol. The van der Waals surface area contributed by atoms with Gasteiger partial charge in [0.2, 0.25) is 0 Å². The van der Waals surface area contributed by atoms with Crippen molar-refractivity contribution in [2.45, 2.75) is 0 Å². The SMILES string of the molecule is O=[N+]([O-])c1ccc2nc(-c3ccc(O)c([N+](=O)[O-])c3)[nH]c2c1. The molecular weight excluding hydrogens is 292 g/mol. The predicted octanol–water partition coefficient (Wildman–Crippen LogP) is 2.75. The molecule has 0 atom stereocenters. The number of imidazole rings is 1. The molecular formula is C13H8N4O5. The van der Waals surface area contributed by atoms with Gasteiger partial charge >= 0.3 is 5.69 Å². The number of aromatic amines is 1. The molecule has 2 N–H and O–H groups in total. The van der Waals surface area contributed by atoms with Crippen LogP contribution in [0.5, 0.6) is 5.75 Å². The van der Waals surface area contributed by atoms with Crippen molar-refractivity contribution in [3.05, 3.63) is 56.6 Å². The van der Waals surface area contributed by atoms with Gasteiger partial charge in [-0.05, 0) is 18.2 Å². The lowest BCUT2D eigenvalue weighted by atomic mass is 10.2. The van der Waals surface area contributed by atoms with E-state index in [1.807, 2.05) is 0 Å². The molecule has 22 heavy (non-hydrogen) atoms. The third-order valence-corrected chi connectivity index (χ3v) is 3.12. The number of nitro benzene ring substituents is 2. The van der Waals surface area contributed by atoms with Crippen LogP contribution in [0.4, 0.5) is 11.4 Å². The zero-order valence-electron chi connectivity index (χ0n) is 10.9. The van der Waals surface area contributed by atoms with E-state index in [-0.39, 0.29) is 5.69 Å². The average molecular weight is 300 g/mol. The molecule has 2 aromatic carbocycles. The number of H-pyrrole nitrogens is 1. The van der Waals surface area contributed by atoms with Gasteiger partial charge in [-0.25, -0.2) is 4.98 Å². The van der Waals surface area contributed by atoms with Crippen LogP contribution in [0.3, 0.4) is 0 Å². The second-order valence-electron chi connectivity index (χ2n) is 4.50. The van der Waals surface area contributed by atoms with E-state index in [4.69, 9.17) is 0 Å². The van der Waals surface area contributed by atoms with Gasteiger partial charge in [0, 0.05) is 23.8 Å². The molecule has 0 radical (unpaired) electrons. The van der Waals surface area contributed by atoms with Crippen molar-refractivity contribution < 1.29 is 15.0 Å². The number of aromatic nitrogens is 2. The highest BCUT2D eigenvalue weighted by atomic mass is 16.6. The normalized spacial score (nSPS) is 10.7. The van der Waals surface area contributed by atoms with E-state index < -0.39 is 21.3 Å². The first-order valence-corrected chi connectivity index (χ1v) is 6.07. The fourth-order valence-electron chi connectivity index (χ4n) is 2.06. The summed E-state index contributed by atoms with van der Waals surface area (Å²) in [5.74, 6) is -0.126. The molecule has 0 saturated carbocycles. The van der Waals surface area contributed by atoms with Gasteiger partial charge in [0.05, 0.1) is 20.9 Å². The van der Waals surface area contributed by atoms with E-state index in [1.165, 1.54) is 36.4 Å². The van der Waals surface area contributed by atoms with Crippen molar-refractivity contribution in [3.8, 4) is 17.1 Å². The zero-order chi connectivity index (χ0) is 15.9. The van der Waals surface area contributed by atoms with E-state index in [0.717, 1.165) is 0 Å². The number of hydrogen-bond donors (Lipinski definition) is 2. The molecule has 0 aliphatic rings. The highest BCUT2D eigenvalue weighted by Gasteiger charge is 2.16. The monoisotopic (exact) mass is 300 g/mol. The van der Waals surface area contributed by atoms with Gasteiger partial charge in [-0.15, -0.1) is 0 Å².